The minimum absolute atomic E-state index is 0.133. The Bertz CT molecular complexity index is 1050. The van der Waals surface area contributed by atoms with E-state index < -0.39 is 10.0 Å². The molecule has 0 atom stereocenters. The fourth-order valence-electron chi connectivity index (χ4n) is 2.67. The number of anilines is 1. The van der Waals surface area contributed by atoms with Crippen molar-refractivity contribution in [3.05, 3.63) is 60.3 Å². The van der Waals surface area contributed by atoms with E-state index in [1.165, 1.54) is 26.2 Å². The van der Waals surface area contributed by atoms with Crippen molar-refractivity contribution in [2.24, 2.45) is 7.05 Å². The van der Waals surface area contributed by atoms with E-state index in [2.05, 4.69) is 5.32 Å². The molecule has 6 nitrogen and oxygen atoms in total. The second kappa shape index (κ2) is 6.34. The van der Waals surface area contributed by atoms with Crippen LogP contribution in [0.15, 0.2) is 59.6 Å². The molecule has 0 saturated heterocycles. The number of nitrogens with zero attached hydrogens (tertiary/aromatic N) is 2. The van der Waals surface area contributed by atoms with Crippen molar-refractivity contribution in [3.63, 3.8) is 0 Å². The van der Waals surface area contributed by atoms with E-state index in [0.29, 0.717) is 11.3 Å². The minimum Gasteiger partial charge on any atom is -0.350 e. The van der Waals surface area contributed by atoms with Gasteiger partial charge in [-0.3, -0.25) is 4.79 Å². The third-order valence-electron chi connectivity index (χ3n) is 4.01. The molecular weight excluding hydrogens is 338 g/mol. The van der Waals surface area contributed by atoms with Crippen molar-refractivity contribution in [3.8, 4) is 0 Å². The van der Waals surface area contributed by atoms with Gasteiger partial charge in [0.2, 0.25) is 10.0 Å². The van der Waals surface area contributed by atoms with Crippen LogP contribution in [0.5, 0.6) is 0 Å². The molecule has 1 N–H and O–H groups in total. The topological polar surface area (TPSA) is 71.4 Å². The number of aryl methyl sites for hydroxylation is 1. The highest BCUT2D eigenvalue weighted by Crippen LogP contribution is 2.23. The normalized spacial score (nSPS) is 11.8. The molecule has 1 amide bonds. The van der Waals surface area contributed by atoms with Crippen molar-refractivity contribution in [2.45, 2.75) is 4.90 Å². The molecule has 0 aliphatic rings. The Labute approximate surface area is 146 Å². The van der Waals surface area contributed by atoms with Crippen molar-refractivity contribution in [2.75, 3.05) is 19.4 Å². The summed E-state index contributed by atoms with van der Waals surface area (Å²) in [6.45, 7) is 0. The summed E-state index contributed by atoms with van der Waals surface area (Å²) in [6, 6.07) is 13.9. The number of amides is 1. The summed E-state index contributed by atoms with van der Waals surface area (Å²) in [4.78, 5) is 12.8. The maximum Gasteiger partial charge on any atom is 0.257 e. The second-order valence-electron chi connectivity index (χ2n) is 5.94. The zero-order valence-corrected chi connectivity index (χ0v) is 15.0. The molecule has 0 radical (unpaired) electrons. The predicted molar refractivity (Wildman–Crippen MR) is 98.2 cm³/mol. The van der Waals surface area contributed by atoms with Crippen LogP contribution in [0.25, 0.3) is 10.9 Å². The first-order valence-electron chi connectivity index (χ1n) is 7.68. The number of carbonyl (C=O) groups excluding carboxylic acids is 1. The number of nitrogens with one attached hydrogen (secondary N) is 1. The lowest BCUT2D eigenvalue weighted by Gasteiger charge is -2.12. The molecule has 130 valence electrons. The van der Waals surface area contributed by atoms with E-state index in [-0.39, 0.29) is 10.8 Å². The Balaban J connectivity index is 1.94. The molecule has 0 bridgehead atoms. The molecule has 25 heavy (non-hydrogen) atoms. The number of carbonyl (C=O) groups is 1. The molecular formula is C18H19N3O3S. The Morgan fingerprint density at radius 3 is 2.52 bits per heavy atom. The average molecular weight is 357 g/mol. The van der Waals surface area contributed by atoms with Crippen LogP contribution >= 0.6 is 0 Å². The van der Waals surface area contributed by atoms with Gasteiger partial charge in [-0.2, -0.15) is 0 Å². The van der Waals surface area contributed by atoms with Crippen LogP contribution in [0.3, 0.4) is 0 Å². The van der Waals surface area contributed by atoms with Gasteiger partial charge in [0, 0.05) is 43.9 Å². The zero-order chi connectivity index (χ0) is 18.2. The molecule has 2 aromatic carbocycles. The lowest BCUT2D eigenvalue weighted by atomic mass is 10.1. The zero-order valence-electron chi connectivity index (χ0n) is 14.2. The van der Waals surface area contributed by atoms with E-state index in [4.69, 9.17) is 0 Å². The van der Waals surface area contributed by atoms with Gasteiger partial charge in [0.25, 0.3) is 5.91 Å². The summed E-state index contributed by atoms with van der Waals surface area (Å²) in [5.74, 6) is -0.281. The fraction of sp³-hybridized carbons (Fsp3) is 0.167. The molecule has 0 aliphatic heterocycles. The quantitative estimate of drug-likeness (QED) is 0.780. The van der Waals surface area contributed by atoms with Crippen LogP contribution in [-0.2, 0) is 17.1 Å². The number of hydrogen-bond donors (Lipinski definition) is 1. The van der Waals surface area contributed by atoms with Crippen LogP contribution in [0.1, 0.15) is 10.4 Å². The smallest absolute Gasteiger partial charge is 0.257 e. The minimum atomic E-state index is -3.55. The van der Waals surface area contributed by atoms with E-state index in [0.717, 1.165) is 15.2 Å². The van der Waals surface area contributed by atoms with Gasteiger partial charge in [-0.15, -0.1) is 0 Å². The van der Waals surface area contributed by atoms with E-state index in [1.54, 1.807) is 18.3 Å². The van der Waals surface area contributed by atoms with Gasteiger partial charge >= 0.3 is 0 Å². The molecule has 3 rings (SSSR count). The summed E-state index contributed by atoms with van der Waals surface area (Å²) in [5.41, 5.74) is 1.93. The predicted octanol–water partition coefficient (Wildman–Crippen LogP) is 2.68. The molecule has 0 spiro atoms. The maximum absolute atomic E-state index is 12.7. The first-order valence-corrected chi connectivity index (χ1v) is 9.13. The summed E-state index contributed by atoms with van der Waals surface area (Å²) >= 11 is 0. The van der Waals surface area contributed by atoms with Gasteiger partial charge in [-0.05, 0) is 24.3 Å². The number of benzene rings is 2. The van der Waals surface area contributed by atoms with Crippen LogP contribution in [0.4, 0.5) is 5.69 Å². The molecule has 0 aliphatic carbocycles. The molecule has 0 saturated carbocycles. The van der Waals surface area contributed by atoms with Crippen LogP contribution in [-0.4, -0.2) is 37.3 Å². The number of para-hydroxylation sites is 1. The highest BCUT2D eigenvalue weighted by atomic mass is 32.2. The molecule has 0 unspecified atom stereocenters. The summed E-state index contributed by atoms with van der Waals surface area (Å²) in [6.07, 6.45) is 1.76. The third kappa shape index (κ3) is 3.16. The number of sulfonamides is 1. The van der Waals surface area contributed by atoms with Crippen molar-refractivity contribution in [1.29, 1.82) is 0 Å². The number of hydrogen-bond acceptors (Lipinski definition) is 3. The summed E-state index contributed by atoms with van der Waals surface area (Å²) < 4.78 is 27.5. The largest absolute Gasteiger partial charge is 0.350 e. The third-order valence-corrected chi connectivity index (χ3v) is 5.82. The Morgan fingerprint density at radius 2 is 1.80 bits per heavy atom. The van der Waals surface area contributed by atoms with Crippen LogP contribution < -0.4 is 5.32 Å². The van der Waals surface area contributed by atoms with Gasteiger partial charge in [0.1, 0.15) is 0 Å². The average Bonchev–Trinajstić information content (AvgIpc) is 2.92. The molecule has 1 heterocycles. The van der Waals surface area contributed by atoms with Crippen LogP contribution in [0, 0.1) is 0 Å². The summed E-state index contributed by atoms with van der Waals surface area (Å²) in [5, 5.41) is 3.63. The molecule has 3 aromatic rings. The monoisotopic (exact) mass is 357 g/mol. The maximum atomic E-state index is 12.7. The van der Waals surface area contributed by atoms with E-state index in [1.807, 2.05) is 35.9 Å². The number of aromatic nitrogens is 1. The van der Waals surface area contributed by atoms with Crippen LogP contribution in [0.2, 0.25) is 0 Å². The van der Waals surface area contributed by atoms with Crippen molar-refractivity contribution < 1.29 is 13.2 Å². The van der Waals surface area contributed by atoms with Gasteiger partial charge in [0.05, 0.1) is 10.5 Å². The second-order valence-corrected chi connectivity index (χ2v) is 8.09. The van der Waals surface area contributed by atoms with E-state index in [9.17, 15) is 13.2 Å². The van der Waals surface area contributed by atoms with Gasteiger partial charge in [-0.25, -0.2) is 12.7 Å². The summed E-state index contributed by atoms with van der Waals surface area (Å²) in [7, 11) is 1.26. The van der Waals surface area contributed by atoms with Gasteiger partial charge < -0.3 is 9.88 Å². The Kier molecular flexibility index (Phi) is 4.36. The SMILES string of the molecule is CN(C)S(=O)(=O)c1cccc(NC(=O)c2cn(C)c3ccccc23)c1. The molecule has 7 heteroatoms. The van der Waals surface area contributed by atoms with Gasteiger partial charge in [-0.1, -0.05) is 24.3 Å². The number of rotatable bonds is 4. The standard InChI is InChI=1S/C18H19N3O3S/c1-20(2)25(23,24)14-8-6-7-13(11-14)19-18(22)16-12-21(3)17-10-5-4-9-15(16)17/h4-12H,1-3H3,(H,19,22). The van der Waals surface area contributed by atoms with Gasteiger partial charge in [0.15, 0.2) is 0 Å². The van der Waals surface area contributed by atoms with E-state index >= 15 is 0 Å². The first kappa shape index (κ1) is 17.2. The Hall–Kier alpha value is -2.64. The lowest BCUT2D eigenvalue weighted by molar-refractivity contribution is 0.102. The number of fused-ring (bicyclic) bond motifs is 1. The molecule has 1 aromatic heterocycles. The Morgan fingerprint density at radius 1 is 1.08 bits per heavy atom. The molecule has 0 fully saturated rings. The highest BCUT2D eigenvalue weighted by Gasteiger charge is 2.18. The van der Waals surface area contributed by atoms with Crippen molar-refractivity contribution in [1.82, 2.24) is 8.87 Å². The fourth-order valence-corrected chi connectivity index (χ4v) is 3.61. The lowest BCUT2D eigenvalue weighted by Crippen LogP contribution is -2.22. The first-order chi connectivity index (χ1) is 11.8. The highest BCUT2D eigenvalue weighted by molar-refractivity contribution is 7.89. The van der Waals surface area contributed by atoms with Crippen molar-refractivity contribution >= 4 is 32.5 Å².